The largest absolute Gasteiger partial charge is 0.475 e. The minimum absolute atomic E-state index is 0. The van der Waals surface area contributed by atoms with E-state index in [-0.39, 0.29) is 37.1 Å². The van der Waals surface area contributed by atoms with Crippen molar-refractivity contribution in [1.82, 2.24) is 10.3 Å². The van der Waals surface area contributed by atoms with Gasteiger partial charge in [-0.15, -0.1) is 24.0 Å². The highest BCUT2D eigenvalue weighted by molar-refractivity contribution is 14.0. The van der Waals surface area contributed by atoms with E-state index in [0.717, 1.165) is 18.9 Å². The van der Waals surface area contributed by atoms with Crippen molar-refractivity contribution in [2.75, 3.05) is 13.2 Å². The van der Waals surface area contributed by atoms with Crippen LogP contribution in [0.5, 0.6) is 5.88 Å². The van der Waals surface area contributed by atoms with Crippen LogP contribution in [0.2, 0.25) is 0 Å². The third-order valence-corrected chi connectivity index (χ3v) is 3.65. The van der Waals surface area contributed by atoms with Gasteiger partial charge >= 0.3 is 6.18 Å². The lowest BCUT2D eigenvalue weighted by Crippen LogP contribution is -2.41. The Kier molecular flexibility index (Phi) is 8.57. The molecule has 5 nitrogen and oxygen atoms in total. The number of ether oxygens (including phenoxy) is 1. The number of alkyl halides is 3. The van der Waals surface area contributed by atoms with Crippen LogP contribution >= 0.6 is 24.0 Å². The third kappa shape index (κ3) is 6.70. The molecule has 2 rings (SSSR count). The van der Waals surface area contributed by atoms with E-state index in [1.54, 1.807) is 0 Å². The molecule has 0 amide bonds. The van der Waals surface area contributed by atoms with Crippen LogP contribution in [0.4, 0.5) is 13.2 Å². The van der Waals surface area contributed by atoms with E-state index in [9.17, 15) is 13.2 Å². The number of hydrogen-bond acceptors (Lipinski definition) is 3. The van der Waals surface area contributed by atoms with Crippen LogP contribution in [0.3, 0.4) is 0 Å². The van der Waals surface area contributed by atoms with Crippen LogP contribution in [0.1, 0.15) is 37.7 Å². The van der Waals surface area contributed by atoms with Crippen molar-refractivity contribution in [3.8, 4) is 5.88 Å². The number of guanidine groups is 1. The van der Waals surface area contributed by atoms with Crippen molar-refractivity contribution in [2.24, 2.45) is 10.7 Å². The smallest absolute Gasteiger partial charge is 0.421 e. The molecule has 0 atom stereocenters. The first-order valence-electron chi connectivity index (χ1n) is 7.68. The number of nitrogens with zero attached hydrogens (tertiary/aromatic N) is 2. The van der Waals surface area contributed by atoms with Crippen molar-refractivity contribution in [3.63, 3.8) is 0 Å². The number of pyridine rings is 1. The molecule has 0 spiro atoms. The highest BCUT2D eigenvalue weighted by atomic mass is 127. The van der Waals surface area contributed by atoms with Crippen LogP contribution in [-0.4, -0.2) is 30.1 Å². The third-order valence-electron chi connectivity index (χ3n) is 3.65. The molecule has 1 aliphatic carbocycles. The van der Waals surface area contributed by atoms with Crippen LogP contribution < -0.4 is 15.8 Å². The first-order valence-corrected chi connectivity index (χ1v) is 7.68. The fourth-order valence-electron chi connectivity index (χ4n) is 2.53. The fourth-order valence-corrected chi connectivity index (χ4v) is 2.53. The number of aliphatic imine (C=N–C) groups is 1. The van der Waals surface area contributed by atoms with Crippen LogP contribution in [0, 0.1) is 0 Å². The topological polar surface area (TPSA) is 72.5 Å². The number of rotatable bonds is 5. The molecule has 1 heterocycles. The zero-order valence-electron chi connectivity index (χ0n) is 13.2. The maximum absolute atomic E-state index is 12.8. The van der Waals surface area contributed by atoms with E-state index in [1.165, 1.54) is 31.5 Å². The summed E-state index contributed by atoms with van der Waals surface area (Å²) < 4.78 is 43.4. The van der Waals surface area contributed by atoms with E-state index in [4.69, 9.17) is 10.5 Å². The highest BCUT2D eigenvalue weighted by Crippen LogP contribution is 2.34. The second kappa shape index (κ2) is 9.90. The summed E-state index contributed by atoms with van der Waals surface area (Å²) in [6.07, 6.45) is 2.49. The lowest BCUT2D eigenvalue weighted by atomic mass is 9.96. The number of nitrogens with two attached hydrogens (primary N) is 1. The second-order valence-electron chi connectivity index (χ2n) is 5.45. The molecule has 0 saturated heterocycles. The van der Waals surface area contributed by atoms with Gasteiger partial charge in [-0.1, -0.05) is 19.3 Å². The standard InChI is InChI=1S/C15H21F3N4O.HI/c16-15(17,18)12-7-4-8-20-13(12)23-10-9-21-14(19)22-11-5-2-1-3-6-11;/h4,7-8,11H,1-3,5-6,9-10H2,(H3,19,21,22);1H. The molecule has 0 aliphatic heterocycles. The summed E-state index contributed by atoms with van der Waals surface area (Å²) in [5, 5.41) is 3.13. The summed E-state index contributed by atoms with van der Waals surface area (Å²) in [6, 6.07) is 2.49. The van der Waals surface area contributed by atoms with Gasteiger partial charge in [0.15, 0.2) is 5.96 Å². The number of hydrogen-bond donors (Lipinski definition) is 2. The van der Waals surface area contributed by atoms with E-state index in [2.05, 4.69) is 15.3 Å². The Hall–Kier alpha value is -1.26. The Bertz CT molecular complexity index is 534. The predicted octanol–water partition coefficient (Wildman–Crippen LogP) is 3.33. The molecule has 1 aromatic heterocycles. The van der Waals surface area contributed by atoms with Crippen molar-refractivity contribution < 1.29 is 17.9 Å². The summed E-state index contributed by atoms with van der Waals surface area (Å²) in [6.45, 7) is 0.145. The van der Waals surface area contributed by atoms with Gasteiger partial charge in [-0.3, -0.25) is 0 Å². The van der Waals surface area contributed by atoms with Crippen molar-refractivity contribution in [3.05, 3.63) is 23.9 Å². The predicted molar refractivity (Wildman–Crippen MR) is 96.6 cm³/mol. The number of aromatic nitrogens is 1. The molecule has 1 fully saturated rings. The fraction of sp³-hybridized carbons (Fsp3) is 0.600. The van der Waals surface area contributed by atoms with Gasteiger partial charge in [-0.25, -0.2) is 9.98 Å². The quantitative estimate of drug-likeness (QED) is 0.308. The maximum atomic E-state index is 12.8. The molecule has 3 N–H and O–H groups in total. The lowest BCUT2D eigenvalue weighted by molar-refractivity contribution is -0.139. The minimum Gasteiger partial charge on any atom is -0.475 e. The lowest BCUT2D eigenvalue weighted by Gasteiger charge is -2.23. The summed E-state index contributed by atoms with van der Waals surface area (Å²) >= 11 is 0. The summed E-state index contributed by atoms with van der Waals surface area (Å²) in [7, 11) is 0. The van der Waals surface area contributed by atoms with E-state index < -0.39 is 17.6 Å². The zero-order valence-corrected chi connectivity index (χ0v) is 15.5. The van der Waals surface area contributed by atoms with Crippen molar-refractivity contribution in [2.45, 2.75) is 44.3 Å². The SMILES string of the molecule is I.NC(=NCCOc1ncccc1C(F)(F)F)NC1CCCCC1. The first-order chi connectivity index (χ1) is 11.0. The van der Waals surface area contributed by atoms with Gasteiger partial charge in [0.2, 0.25) is 5.88 Å². The van der Waals surface area contributed by atoms with Gasteiger partial charge in [0.1, 0.15) is 12.2 Å². The molecule has 24 heavy (non-hydrogen) atoms. The van der Waals surface area contributed by atoms with Gasteiger partial charge in [0.05, 0.1) is 6.54 Å². The summed E-state index contributed by atoms with van der Waals surface area (Å²) in [4.78, 5) is 7.69. The highest BCUT2D eigenvalue weighted by Gasteiger charge is 2.34. The molecular weight excluding hydrogens is 436 g/mol. The van der Waals surface area contributed by atoms with Gasteiger partial charge in [0.25, 0.3) is 0 Å². The Morgan fingerprint density at radius 3 is 2.71 bits per heavy atom. The van der Waals surface area contributed by atoms with Gasteiger partial charge in [0, 0.05) is 12.2 Å². The molecule has 136 valence electrons. The van der Waals surface area contributed by atoms with E-state index in [1.807, 2.05) is 0 Å². The summed E-state index contributed by atoms with van der Waals surface area (Å²) in [5.41, 5.74) is 4.88. The molecule has 0 aromatic carbocycles. The normalized spacial score (nSPS) is 16.4. The Morgan fingerprint density at radius 2 is 2.04 bits per heavy atom. The van der Waals surface area contributed by atoms with Crippen molar-refractivity contribution >= 4 is 29.9 Å². The first kappa shape index (κ1) is 20.8. The molecule has 0 bridgehead atoms. The molecule has 9 heteroatoms. The van der Waals surface area contributed by atoms with Crippen molar-refractivity contribution in [1.29, 1.82) is 0 Å². The molecule has 0 radical (unpaired) electrons. The molecule has 1 aromatic rings. The maximum Gasteiger partial charge on any atom is 0.421 e. The van der Waals surface area contributed by atoms with Crippen LogP contribution in [0.15, 0.2) is 23.3 Å². The van der Waals surface area contributed by atoms with E-state index in [0.29, 0.717) is 12.0 Å². The Labute approximate surface area is 156 Å². The molecule has 1 aliphatic rings. The molecule has 0 unspecified atom stereocenters. The monoisotopic (exact) mass is 458 g/mol. The minimum atomic E-state index is -4.49. The molecule has 1 saturated carbocycles. The molecular formula is C15H22F3IN4O. The zero-order chi connectivity index (χ0) is 16.7. The number of nitrogens with one attached hydrogen (secondary N) is 1. The van der Waals surface area contributed by atoms with Gasteiger partial charge < -0.3 is 15.8 Å². The average Bonchev–Trinajstić information content (AvgIpc) is 2.52. The average molecular weight is 458 g/mol. The number of halogens is 4. The summed E-state index contributed by atoms with van der Waals surface area (Å²) in [5.74, 6) is -0.133. The van der Waals surface area contributed by atoms with Crippen LogP contribution in [0.25, 0.3) is 0 Å². The second-order valence-corrected chi connectivity index (χ2v) is 5.45. The van der Waals surface area contributed by atoms with E-state index >= 15 is 0 Å². The van der Waals surface area contributed by atoms with Gasteiger partial charge in [-0.05, 0) is 25.0 Å². The Balaban J connectivity index is 0.00000288. The van der Waals surface area contributed by atoms with Crippen LogP contribution in [-0.2, 0) is 6.18 Å². The van der Waals surface area contributed by atoms with Gasteiger partial charge in [-0.2, -0.15) is 13.2 Å². The Morgan fingerprint density at radius 1 is 1.33 bits per heavy atom.